The molecule has 0 radical (unpaired) electrons. The van der Waals surface area contributed by atoms with Crippen LogP contribution < -0.4 is 15.5 Å². The standard InChI is InChI=1S/C19H20N4O5S/c1-3-19(14-7-5-4-6-8-14)16(24)23(18(26)20-19)21-17(25)22-29(27,28)15-11-9-13(2)10-12-15/h4-12H,3H2,1-2H3,(H,20,26)(H2,21,22,25)/t19-/m1/s1. The van der Waals surface area contributed by atoms with Crippen molar-refractivity contribution in [1.29, 1.82) is 0 Å². The number of hydrogen-bond donors (Lipinski definition) is 3. The number of urea groups is 2. The molecule has 0 aliphatic carbocycles. The van der Waals surface area contributed by atoms with Crippen LogP contribution in [0, 0.1) is 6.92 Å². The van der Waals surface area contributed by atoms with Gasteiger partial charge in [0.1, 0.15) is 5.54 Å². The van der Waals surface area contributed by atoms with Gasteiger partial charge in [-0.25, -0.2) is 28.2 Å². The van der Waals surface area contributed by atoms with Crippen LogP contribution in [0.5, 0.6) is 0 Å². The Morgan fingerprint density at radius 3 is 2.28 bits per heavy atom. The highest BCUT2D eigenvalue weighted by Crippen LogP contribution is 2.31. The fourth-order valence-corrected chi connectivity index (χ4v) is 3.96. The van der Waals surface area contributed by atoms with Crippen LogP contribution in [0.4, 0.5) is 9.59 Å². The Bertz CT molecular complexity index is 1050. The van der Waals surface area contributed by atoms with Crippen LogP contribution in [0.3, 0.4) is 0 Å². The lowest BCUT2D eigenvalue weighted by Gasteiger charge is -2.25. The summed E-state index contributed by atoms with van der Waals surface area (Å²) < 4.78 is 26.4. The molecule has 0 bridgehead atoms. The molecule has 29 heavy (non-hydrogen) atoms. The summed E-state index contributed by atoms with van der Waals surface area (Å²) in [5.74, 6) is -0.709. The summed E-state index contributed by atoms with van der Waals surface area (Å²) in [6, 6.07) is 12.4. The highest BCUT2D eigenvalue weighted by molar-refractivity contribution is 7.90. The lowest BCUT2D eigenvalue weighted by molar-refractivity contribution is -0.133. The number of sulfonamides is 1. The summed E-state index contributed by atoms with van der Waals surface area (Å²) in [6.07, 6.45) is 0.239. The Balaban J connectivity index is 1.78. The van der Waals surface area contributed by atoms with Crippen molar-refractivity contribution in [2.24, 2.45) is 0 Å². The van der Waals surface area contributed by atoms with Gasteiger partial charge in [0.25, 0.3) is 15.9 Å². The molecule has 0 aromatic heterocycles. The van der Waals surface area contributed by atoms with Gasteiger partial charge in [-0.3, -0.25) is 4.79 Å². The Morgan fingerprint density at radius 2 is 1.69 bits per heavy atom. The van der Waals surface area contributed by atoms with Crippen LogP contribution in [0.1, 0.15) is 24.5 Å². The zero-order chi connectivity index (χ0) is 21.2. The maximum absolute atomic E-state index is 12.9. The van der Waals surface area contributed by atoms with Crippen molar-refractivity contribution in [2.75, 3.05) is 0 Å². The lowest BCUT2D eigenvalue weighted by atomic mass is 9.87. The maximum Gasteiger partial charge on any atom is 0.348 e. The van der Waals surface area contributed by atoms with E-state index in [9.17, 15) is 22.8 Å². The second-order valence-electron chi connectivity index (χ2n) is 6.56. The van der Waals surface area contributed by atoms with Crippen LogP contribution in [-0.4, -0.2) is 31.4 Å². The second kappa shape index (κ2) is 7.55. The highest BCUT2D eigenvalue weighted by Gasteiger charge is 2.52. The third-order valence-corrected chi connectivity index (χ3v) is 6.01. The average Bonchev–Trinajstić information content (AvgIpc) is 2.93. The van der Waals surface area contributed by atoms with Crippen LogP contribution in [-0.2, 0) is 20.4 Å². The first kappa shape index (κ1) is 20.3. The van der Waals surface area contributed by atoms with Crippen LogP contribution in [0.15, 0.2) is 59.5 Å². The number of carbonyl (C=O) groups excluding carboxylic acids is 3. The van der Waals surface area contributed by atoms with E-state index < -0.39 is 33.5 Å². The van der Waals surface area contributed by atoms with E-state index in [1.54, 1.807) is 61.0 Å². The first-order valence-corrected chi connectivity index (χ1v) is 10.3. The minimum atomic E-state index is -4.17. The van der Waals surface area contributed by atoms with E-state index in [1.807, 2.05) is 5.43 Å². The minimum absolute atomic E-state index is 0.123. The molecule has 1 aliphatic heterocycles. The average molecular weight is 416 g/mol. The molecule has 2 aromatic carbocycles. The Hall–Kier alpha value is -3.40. The van der Waals surface area contributed by atoms with Crippen molar-refractivity contribution in [3.63, 3.8) is 0 Å². The van der Waals surface area contributed by atoms with Crippen molar-refractivity contribution < 1.29 is 22.8 Å². The van der Waals surface area contributed by atoms with E-state index in [0.29, 0.717) is 10.6 Å². The first-order chi connectivity index (χ1) is 13.7. The summed E-state index contributed by atoms with van der Waals surface area (Å²) in [7, 11) is -4.17. The van der Waals surface area contributed by atoms with Gasteiger partial charge in [-0.05, 0) is 31.0 Å². The van der Waals surface area contributed by atoms with E-state index in [4.69, 9.17) is 0 Å². The third-order valence-electron chi connectivity index (χ3n) is 4.66. The molecule has 9 nitrogen and oxygen atoms in total. The molecule has 1 fully saturated rings. The largest absolute Gasteiger partial charge is 0.348 e. The molecule has 2 aromatic rings. The monoisotopic (exact) mass is 416 g/mol. The van der Waals surface area contributed by atoms with Crippen molar-refractivity contribution in [3.8, 4) is 0 Å². The van der Waals surface area contributed by atoms with E-state index in [-0.39, 0.29) is 11.3 Å². The lowest BCUT2D eigenvalue weighted by Crippen LogP contribution is -2.52. The number of amides is 5. The summed E-state index contributed by atoms with van der Waals surface area (Å²) >= 11 is 0. The number of nitrogens with one attached hydrogen (secondary N) is 3. The van der Waals surface area contributed by atoms with Crippen LogP contribution in [0.25, 0.3) is 0 Å². The SMILES string of the molecule is CC[C@]1(c2ccccc2)NC(=O)N(NC(=O)NS(=O)(=O)c2ccc(C)cc2)C1=O. The van der Waals surface area contributed by atoms with Crippen molar-refractivity contribution in [2.45, 2.75) is 30.7 Å². The molecule has 1 heterocycles. The Kier molecular flexibility index (Phi) is 5.29. The van der Waals surface area contributed by atoms with Crippen molar-refractivity contribution >= 4 is 28.0 Å². The molecule has 0 saturated carbocycles. The number of aryl methyl sites for hydroxylation is 1. The minimum Gasteiger partial charge on any atom is -0.318 e. The van der Waals surface area contributed by atoms with E-state index in [1.165, 1.54) is 12.1 Å². The Morgan fingerprint density at radius 1 is 1.07 bits per heavy atom. The second-order valence-corrected chi connectivity index (χ2v) is 8.24. The molecule has 5 amide bonds. The molecule has 1 aliphatic rings. The van der Waals surface area contributed by atoms with Gasteiger partial charge < -0.3 is 5.32 Å². The van der Waals surface area contributed by atoms with Crippen LogP contribution in [0.2, 0.25) is 0 Å². The molecule has 0 unspecified atom stereocenters. The number of benzene rings is 2. The topological polar surface area (TPSA) is 125 Å². The molecule has 3 N–H and O–H groups in total. The number of hydrogen-bond acceptors (Lipinski definition) is 5. The molecule has 10 heteroatoms. The van der Waals surface area contributed by atoms with Gasteiger partial charge in [-0.2, -0.15) is 5.01 Å². The van der Waals surface area contributed by atoms with Gasteiger partial charge in [0.15, 0.2) is 0 Å². The molecule has 3 rings (SSSR count). The molecule has 0 spiro atoms. The van der Waals surface area contributed by atoms with Gasteiger partial charge in [0, 0.05) is 0 Å². The Labute approximate surface area is 168 Å². The van der Waals surface area contributed by atoms with E-state index in [0.717, 1.165) is 5.56 Å². The van der Waals surface area contributed by atoms with E-state index in [2.05, 4.69) is 5.32 Å². The van der Waals surface area contributed by atoms with Gasteiger partial charge in [-0.15, -0.1) is 0 Å². The molecular formula is C19H20N4O5S. The van der Waals surface area contributed by atoms with Gasteiger partial charge in [-0.1, -0.05) is 55.0 Å². The molecule has 1 saturated heterocycles. The first-order valence-electron chi connectivity index (χ1n) is 8.82. The molecule has 1 atom stereocenters. The number of hydrazine groups is 1. The van der Waals surface area contributed by atoms with Crippen molar-refractivity contribution in [3.05, 3.63) is 65.7 Å². The van der Waals surface area contributed by atoms with Gasteiger partial charge in [0.05, 0.1) is 4.90 Å². The van der Waals surface area contributed by atoms with E-state index >= 15 is 0 Å². The summed E-state index contributed by atoms with van der Waals surface area (Å²) in [5, 5.41) is 3.07. The fraction of sp³-hybridized carbons (Fsp3) is 0.211. The zero-order valence-electron chi connectivity index (χ0n) is 15.8. The zero-order valence-corrected chi connectivity index (χ0v) is 16.6. The third kappa shape index (κ3) is 3.79. The number of carbonyl (C=O) groups is 3. The fourth-order valence-electron chi connectivity index (χ4n) is 3.06. The maximum atomic E-state index is 12.9. The number of nitrogens with zero attached hydrogens (tertiary/aromatic N) is 1. The normalized spacial score (nSPS) is 19.0. The predicted octanol–water partition coefficient (Wildman–Crippen LogP) is 1.76. The van der Waals surface area contributed by atoms with Crippen LogP contribution >= 0.6 is 0 Å². The highest BCUT2D eigenvalue weighted by atomic mass is 32.2. The quantitative estimate of drug-likeness (QED) is 0.641. The predicted molar refractivity (Wildman–Crippen MR) is 104 cm³/mol. The van der Waals surface area contributed by atoms with Gasteiger partial charge >= 0.3 is 12.1 Å². The number of rotatable bonds is 5. The summed E-state index contributed by atoms with van der Waals surface area (Å²) in [5.41, 5.74) is 2.08. The molecular weight excluding hydrogens is 396 g/mol. The number of imide groups is 1. The van der Waals surface area contributed by atoms with Crippen molar-refractivity contribution in [1.82, 2.24) is 20.5 Å². The summed E-state index contributed by atoms with van der Waals surface area (Å²) in [6.45, 7) is 3.51. The molecule has 152 valence electrons. The smallest absolute Gasteiger partial charge is 0.318 e. The summed E-state index contributed by atoms with van der Waals surface area (Å²) in [4.78, 5) is 37.4. The van der Waals surface area contributed by atoms with Gasteiger partial charge in [0.2, 0.25) is 0 Å².